The van der Waals surface area contributed by atoms with E-state index in [1.54, 1.807) is 6.20 Å². The molecule has 0 amide bonds. The normalized spacial score (nSPS) is 12.6. The molecule has 1 unspecified atom stereocenters. The standard InChI is InChI=1S/C15H18N2O/c1-11(4-2-8-16)15(18)13-6-7-14-12(10-13)5-3-9-17-14/h3,5-7,9-11H,2,4,8,16H2,1H3. The molecule has 0 fully saturated rings. The molecule has 18 heavy (non-hydrogen) atoms. The second kappa shape index (κ2) is 5.74. The van der Waals surface area contributed by atoms with E-state index in [1.807, 2.05) is 37.3 Å². The summed E-state index contributed by atoms with van der Waals surface area (Å²) in [4.78, 5) is 16.5. The van der Waals surface area contributed by atoms with Gasteiger partial charge in [-0.05, 0) is 43.7 Å². The molecule has 0 aliphatic carbocycles. The van der Waals surface area contributed by atoms with Crippen LogP contribution in [0.1, 0.15) is 30.1 Å². The first-order valence-electron chi connectivity index (χ1n) is 6.31. The van der Waals surface area contributed by atoms with Gasteiger partial charge in [0, 0.05) is 23.1 Å². The highest BCUT2D eigenvalue weighted by atomic mass is 16.1. The summed E-state index contributed by atoms with van der Waals surface area (Å²) in [6, 6.07) is 9.54. The Morgan fingerprint density at radius 3 is 3.00 bits per heavy atom. The first-order chi connectivity index (χ1) is 8.72. The van der Waals surface area contributed by atoms with Crippen molar-refractivity contribution < 1.29 is 4.79 Å². The number of ketones is 1. The summed E-state index contributed by atoms with van der Waals surface area (Å²) in [5.41, 5.74) is 7.15. The predicted octanol–water partition coefficient (Wildman–Crippen LogP) is 2.79. The highest BCUT2D eigenvalue weighted by Gasteiger charge is 2.14. The van der Waals surface area contributed by atoms with Crippen LogP contribution in [-0.4, -0.2) is 17.3 Å². The van der Waals surface area contributed by atoms with Crippen molar-refractivity contribution in [3.05, 3.63) is 42.1 Å². The average molecular weight is 242 g/mol. The van der Waals surface area contributed by atoms with Crippen molar-refractivity contribution in [2.75, 3.05) is 6.54 Å². The van der Waals surface area contributed by atoms with Gasteiger partial charge >= 0.3 is 0 Å². The van der Waals surface area contributed by atoms with Gasteiger partial charge in [0.05, 0.1) is 5.52 Å². The van der Waals surface area contributed by atoms with Gasteiger partial charge in [-0.25, -0.2) is 0 Å². The number of nitrogens with two attached hydrogens (primary N) is 1. The Morgan fingerprint density at radius 2 is 2.22 bits per heavy atom. The van der Waals surface area contributed by atoms with Gasteiger partial charge in [0.15, 0.2) is 5.78 Å². The van der Waals surface area contributed by atoms with Gasteiger partial charge in [0.1, 0.15) is 0 Å². The first-order valence-corrected chi connectivity index (χ1v) is 6.31. The predicted molar refractivity (Wildman–Crippen MR) is 73.5 cm³/mol. The van der Waals surface area contributed by atoms with Crippen LogP contribution in [0.4, 0.5) is 0 Å². The number of aromatic nitrogens is 1. The maximum Gasteiger partial charge on any atom is 0.165 e. The van der Waals surface area contributed by atoms with E-state index in [-0.39, 0.29) is 11.7 Å². The maximum absolute atomic E-state index is 12.2. The van der Waals surface area contributed by atoms with Gasteiger partial charge in [-0.3, -0.25) is 9.78 Å². The zero-order chi connectivity index (χ0) is 13.0. The van der Waals surface area contributed by atoms with E-state index in [0.717, 1.165) is 29.3 Å². The molecule has 0 saturated heterocycles. The minimum atomic E-state index is 0.0303. The molecule has 1 heterocycles. The highest BCUT2D eigenvalue weighted by molar-refractivity contribution is 6.00. The number of fused-ring (bicyclic) bond motifs is 1. The quantitative estimate of drug-likeness (QED) is 0.820. The molecular weight excluding hydrogens is 224 g/mol. The van der Waals surface area contributed by atoms with Crippen LogP contribution in [0.5, 0.6) is 0 Å². The van der Waals surface area contributed by atoms with Crippen LogP contribution in [0.15, 0.2) is 36.5 Å². The number of hydrogen-bond acceptors (Lipinski definition) is 3. The van der Waals surface area contributed by atoms with Gasteiger partial charge in [-0.15, -0.1) is 0 Å². The Balaban J connectivity index is 2.22. The molecule has 2 N–H and O–H groups in total. The molecule has 0 spiro atoms. The molecule has 94 valence electrons. The number of carbonyl (C=O) groups is 1. The number of Topliss-reactive ketones (excluding diaryl/α,β-unsaturated/α-hetero) is 1. The fourth-order valence-corrected chi connectivity index (χ4v) is 2.07. The molecular formula is C15H18N2O. The van der Waals surface area contributed by atoms with Crippen molar-refractivity contribution in [1.82, 2.24) is 4.98 Å². The molecule has 0 radical (unpaired) electrons. The molecule has 1 aromatic heterocycles. The van der Waals surface area contributed by atoms with Gasteiger partial charge in [-0.2, -0.15) is 0 Å². The van der Waals surface area contributed by atoms with E-state index in [1.165, 1.54) is 0 Å². The van der Waals surface area contributed by atoms with Crippen LogP contribution < -0.4 is 5.73 Å². The smallest absolute Gasteiger partial charge is 0.165 e. The summed E-state index contributed by atoms with van der Waals surface area (Å²) < 4.78 is 0. The van der Waals surface area contributed by atoms with E-state index < -0.39 is 0 Å². The zero-order valence-electron chi connectivity index (χ0n) is 10.6. The molecule has 3 nitrogen and oxygen atoms in total. The number of pyridine rings is 1. The minimum absolute atomic E-state index is 0.0303. The lowest BCUT2D eigenvalue weighted by Gasteiger charge is -2.10. The number of carbonyl (C=O) groups excluding carboxylic acids is 1. The second-order valence-corrected chi connectivity index (χ2v) is 4.61. The molecule has 0 saturated carbocycles. The topological polar surface area (TPSA) is 56.0 Å². The van der Waals surface area contributed by atoms with Gasteiger partial charge < -0.3 is 5.73 Å². The number of rotatable bonds is 5. The Hall–Kier alpha value is -1.74. The van der Waals surface area contributed by atoms with Gasteiger partial charge in [-0.1, -0.05) is 13.0 Å². The third-order valence-electron chi connectivity index (χ3n) is 3.18. The molecule has 2 rings (SSSR count). The lowest BCUT2D eigenvalue weighted by Crippen LogP contribution is -2.13. The van der Waals surface area contributed by atoms with E-state index >= 15 is 0 Å². The van der Waals surface area contributed by atoms with Crippen LogP contribution in [0, 0.1) is 5.92 Å². The van der Waals surface area contributed by atoms with Crippen molar-refractivity contribution in [2.45, 2.75) is 19.8 Å². The van der Waals surface area contributed by atoms with E-state index in [9.17, 15) is 4.79 Å². The monoisotopic (exact) mass is 242 g/mol. The molecule has 1 aromatic carbocycles. The van der Waals surface area contributed by atoms with Crippen molar-refractivity contribution in [1.29, 1.82) is 0 Å². The van der Waals surface area contributed by atoms with Gasteiger partial charge in [0.2, 0.25) is 0 Å². The van der Waals surface area contributed by atoms with Crippen molar-refractivity contribution in [2.24, 2.45) is 11.7 Å². The maximum atomic E-state index is 12.2. The zero-order valence-corrected chi connectivity index (χ0v) is 10.6. The Bertz CT molecular complexity index is 551. The largest absolute Gasteiger partial charge is 0.330 e. The third kappa shape index (κ3) is 2.74. The fourth-order valence-electron chi connectivity index (χ4n) is 2.07. The number of hydrogen-bond donors (Lipinski definition) is 1. The summed E-state index contributed by atoms with van der Waals surface area (Å²) in [6.07, 6.45) is 3.50. The van der Waals surface area contributed by atoms with Crippen molar-refractivity contribution >= 4 is 16.7 Å². The Morgan fingerprint density at radius 1 is 1.39 bits per heavy atom. The van der Waals surface area contributed by atoms with Crippen LogP contribution in [0.25, 0.3) is 10.9 Å². The van der Waals surface area contributed by atoms with Crippen molar-refractivity contribution in [3.63, 3.8) is 0 Å². The number of benzene rings is 1. The van der Waals surface area contributed by atoms with Crippen LogP contribution in [-0.2, 0) is 0 Å². The second-order valence-electron chi connectivity index (χ2n) is 4.61. The molecule has 2 aromatic rings. The third-order valence-corrected chi connectivity index (χ3v) is 3.18. The summed E-state index contributed by atoms with van der Waals surface area (Å²) in [6.45, 7) is 2.60. The van der Waals surface area contributed by atoms with E-state index in [0.29, 0.717) is 6.54 Å². The summed E-state index contributed by atoms with van der Waals surface area (Å²) >= 11 is 0. The molecule has 3 heteroatoms. The highest BCUT2D eigenvalue weighted by Crippen LogP contribution is 2.18. The molecule has 1 atom stereocenters. The lowest BCUT2D eigenvalue weighted by molar-refractivity contribution is 0.0923. The minimum Gasteiger partial charge on any atom is -0.330 e. The molecule has 0 aliphatic heterocycles. The van der Waals surface area contributed by atoms with Gasteiger partial charge in [0.25, 0.3) is 0 Å². The van der Waals surface area contributed by atoms with Crippen LogP contribution in [0.2, 0.25) is 0 Å². The Labute approximate surface area is 107 Å². The summed E-state index contributed by atoms with van der Waals surface area (Å²) in [7, 11) is 0. The SMILES string of the molecule is CC(CCCN)C(=O)c1ccc2ncccc2c1. The summed E-state index contributed by atoms with van der Waals surface area (Å²) in [5, 5.41) is 1.01. The number of nitrogens with zero attached hydrogens (tertiary/aromatic N) is 1. The van der Waals surface area contributed by atoms with E-state index in [2.05, 4.69) is 4.98 Å². The average Bonchev–Trinajstić information content (AvgIpc) is 2.43. The lowest BCUT2D eigenvalue weighted by atomic mass is 9.94. The Kier molecular flexibility index (Phi) is 4.05. The van der Waals surface area contributed by atoms with Crippen LogP contribution >= 0.6 is 0 Å². The molecule has 0 aliphatic rings. The molecule has 0 bridgehead atoms. The first kappa shape index (κ1) is 12.7. The summed E-state index contributed by atoms with van der Waals surface area (Å²) in [5.74, 6) is 0.219. The van der Waals surface area contributed by atoms with E-state index in [4.69, 9.17) is 5.73 Å². The van der Waals surface area contributed by atoms with Crippen molar-refractivity contribution in [3.8, 4) is 0 Å². The van der Waals surface area contributed by atoms with Crippen LogP contribution in [0.3, 0.4) is 0 Å². The fraction of sp³-hybridized carbons (Fsp3) is 0.333.